The number of ketones is 1. The normalized spacial score (nSPS) is 15.2. The van der Waals surface area contributed by atoms with Crippen LogP contribution in [0.1, 0.15) is 161 Å². The Morgan fingerprint density at radius 3 is 1.09 bits per heavy atom. The van der Waals surface area contributed by atoms with Gasteiger partial charge in [-0.2, -0.15) is 39.1 Å². The average molecular weight is 1820 g/mol. The molecule has 4 aromatic heterocycles. The van der Waals surface area contributed by atoms with Gasteiger partial charge in [-0.05, 0) is 111 Å². The maximum atomic E-state index is 14.7. The molecule has 0 bridgehead atoms. The number of carboxylic acids is 2. The number of nitrogens with zero attached hydrogens (tertiary/aromatic N) is 12. The van der Waals surface area contributed by atoms with E-state index in [1.807, 2.05) is 51.6 Å². The van der Waals surface area contributed by atoms with Crippen LogP contribution in [0.5, 0.6) is 0 Å². The zero-order chi connectivity index (χ0) is 95.7. The highest BCUT2D eigenvalue weighted by molar-refractivity contribution is 5.92. The van der Waals surface area contributed by atoms with E-state index in [-0.39, 0.29) is 90.0 Å². The van der Waals surface area contributed by atoms with Crippen LogP contribution in [-0.4, -0.2) is 226 Å². The first-order chi connectivity index (χ1) is 60.3. The van der Waals surface area contributed by atoms with E-state index in [1.54, 1.807) is 74.1 Å². The first-order valence-electron chi connectivity index (χ1n) is 42.0. The van der Waals surface area contributed by atoms with E-state index in [0.717, 1.165) is 67.7 Å². The van der Waals surface area contributed by atoms with Gasteiger partial charge in [0, 0.05) is 155 Å². The maximum Gasteiger partial charge on any atom is 0.343 e. The van der Waals surface area contributed by atoms with Gasteiger partial charge in [0.25, 0.3) is 0 Å². The Morgan fingerprint density at radius 2 is 0.744 bits per heavy atom. The van der Waals surface area contributed by atoms with Crippen molar-refractivity contribution in [3.8, 4) is 45.0 Å². The van der Waals surface area contributed by atoms with E-state index in [9.17, 15) is 97.3 Å². The summed E-state index contributed by atoms with van der Waals surface area (Å²) in [5.74, 6) is -13.1. The highest BCUT2D eigenvalue weighted by atomic mass is 19.2. The zero-order valence-electron chi connectivity index (χ0n) is 75.1. The highest BCUT2D eigenvalue weighted by Crippen LogP contribution is 2.39. The Hall–Kier alpha value is -11.8. The molecule has 5 amide bonds. The number of hydrogen-bond acceptors (Lipinski definition) is 19. The van der Waals surface area contributed by atoms with E-state index < -0.39 is 152 Å². The largest absolute Gasteiger partial charge is 0.480 e. The number of esters is 1. The molecule has 0 radical (unpaired) electrons. The van der Waals surface area contributed by atoms with E-state index in [2.05, 4.69) is 51.9 Å². The van der Waals surface area contributed by atoms with Gasteiger partial charge in [-0.15, -0.1) is 0 Å². The summed E-state index contributed by atoms with van der Waals surface area (Å²) in [6.45, 7) is 29.2. The molecule has 8 aromatic rings. The predicted molar refractivity (Wildman–Crippen MR) is 455 cm³/mol. The summed E-state index contributed by atoms with van der Waals surface area (Å²) < 4.78 is 150. The fraction of sp³-hybridized carbons (Fsp3) is 0.494. The number of unbranched alkanes of at least 4 members (excludes halogenated alkanes) is 1. The van der Waals surface area contributed by atoms with Crippen LogP contribution in [-0.2, 0) is 80.6 Å². The van der Waals surface area contributed by atoms with Crippen molar-refractivity contribution in [2.45, 2.75) is 192 Å². The number of aliphatic hydroxyl groups is 1. The number of rotatable bonds is 20. The monoisotopic (exact) mass is 1820 g/mol. The summed E-state index contributed by atoms with van der Waals surface area (Å²) in [5, 5.41) is 58.1. The number of aliphatic carboxylic acids is 2. The fourth-order valence-corrected chi connectivity index (χ4v) is 15.3. The van der Waals surface area contributed by atoms with Crippen molar-refractivity contribution in [3.63, 3.8) is 0 Å². The standard InChI is InChI=1S/C24H30F3N5O4.C24H31F3N4O3.C21H26F2N4O3.C20H24F2N4O3/c1-6-36-19(33)12-31-8-7-18-14(11-31)20(13-9-16(26)17(27)10-15(13)25)30-32(18)23(35)29-21(22(34)28-5)24(2,3)4;1-24(2,3)22(20(33)7-5-6-10-32)28-23(34)31-19-8-9-30(4)13-15(19)21(29-31)14-11-17(26)18(27)12-16(14)25;1-5-26-9-8-16-14(11-26)17(13-10-12(22)6-7-15(13)23)25-27(16)20(30)24-18(19(28)29)21(2,3)4;1-20(2,3)17(18(27)28)23-19(29)26-15-7-8-25(4)10-13(15)16(24-26)12-9-11(21)5-6-14(12)22/h9-10,21H,6-8,11-12H2,1-5H3,(H,28,34)(H,29,35);11-12,22,32H,5-10,13H2,1-4H3,(H,28,34);6-7,10,18H,5,8-9,11H2,1-4H3,(H,24,30)(H,28,29);5-6,9,17H,7-8,10H2,1-4H3,(H,23,29)(H,27,28)/t21-;22-;18-;17-/m1111/s1. The van der Waals surface area contributed by atoms with Crippen molar-refractivity contribution in [3.05, 3.63) is 164 Å². The number of ether oxygens (including phenoxy) is 1. The summed E-state index contributed by atoms with van der Waals surface area (Å²) in [6, 6.07) is 1.67. The number of aromatic nitrogens is 8. The fourth-order valence-electron chi connectivity index (χ4n) is 15.3. The maximum absolute atomic E-state index is 14.7. The number of nitrogens with one attached hydrogen (secondary N) is 5. The molecule has 0 saturated carbocycles. The highest BCUT2D eigenvalue weighted by Gasteiger charge is 2.42. The molecule has 8 heterocycles. The SMILES string of the molecule is CCN1CCc2c(c(-c3cc(F)ccc3F)nn2C(=O)N[C@H](C(=O)O)C(C)(C)C)C1.CCOC(=O)CN1CCc2c(c(-c3cc(F)c(F)cc3F)nn2C(=O)N[C@H](C(=O)NC)C(C)(C)C)C1.CN1CCc2c(c(-c3cc(F)c(F)cc3F)nn2C(=O)N[C@H](C(=O)CCCCO)C(C)(C)C)C1.CN1CCc2c(c(-c3cc(F)ccc3F)nn2C(=O)N[C@H](C(=O)O)C(C)(C)C)C1. The lowest BCUT2D eigenvalue weighted by Crippen LogP contribution is -2.54. The van der Waals surface area contributed by atoms with Crippen LogP contribution in [0.15, 0.2) is 60.7 Å². The second-order valence-corrected chi connectivity index (χ2v) is 36.3. The van der Waals surface area contributed by atoms with Crippen LogP contribution >= 0.6 is 0 Å². The minimum Gasteiger partial charge on any atom is -0.480 e. The van der Waals surface area contributed by atoms with Gasteiger partial charge in [0.2, 0.25) is 5.91 Å². The van der Waals surface area contributed by atoms with Crippen molar-refractivity contribution in [2.75, 3.05) is 73.6 Å². The molecule has 30 nitrogen and oxygen atoms in total. The molecule has 0 saturated heterocycles. The second kappa shape index (κ2) is 41.8. The smallest absolute Gasteiger partial charge is 0.343 e. The Bertz CT molecular complexity index is 5530. The summed E-state index contributed by atoms with van der Waals surface area (Å²) in [4.78, 5) is 121. The number of likely N-dealkylation sites (N-methyl/N-ethyl adjacent to an activating group) is 4. The molecule has 0 fully saturated rings. The number of benzene rings is 4. The number of Topliss-reactive ketones (excluding diaryl/α,β-unsaturated/α-hetero) is 1. The number of carbonyl (C=O) groups is 9. The Balaban J connectivity index is 0.000000195. The summed E-state index contributed by atoms with van der Waals surface area (Å²) >= 11 is 0. The average Bonchev–Trinajstić information content (AvgIpc) is 1.63. The number of carbonyl (C=O) groups excluding carboxylic acids is 7. The zero-order valence-corrected chi connectivity index (χ0v) is 75.1. The third kappa shape index (κ3) is 24.2. The van der Waals surface area contributed by atoms with Gasteiger partial charge in [-0.1, -0.05) is 90.0 Å². The number of fused-ring (bicyclic) bond motifs is 4. The van der Waals surface area contributed by atoms with Crippen LogP contribution in [0.4, 0.5) is 63.1 Å². The first kappa shape index (κ1) is 101. The number of hydrogen-bond donors (Lipinski definition) is 8. The van der Waals surface area contributed by atoms with Gasteiger partial charge in [0.1, 0.15) is 75.8 Å². The Kier molecular flexibility index (Phi) is 32.7. The molecular formula is C89H111F10N17O13. The van der Waals surface area contributed by atoms with Gasteiger partial charge >= 0.3 is 42.0 Å². The topological polar surface area (TPSA) is 368 Å². The van der Waals surface area contributed by atoms with Crippen LogP contribution in [0, 0.1) is 79.8 Å². The molecule has 700 valence electrons. The van der Waals surface area contributed by atoms with Gasteiger partial charge in [-0.3, -0.25) is 24.2 Å². The van der Waals surface area contributed by atoms with Crippen LogP contribution < -0.4 is 26.6 Å². The van der Waals surface area contributed by atoms with Crippen molar-refractivity contribution in [2.24, 2.45) is 21.7 Å². The van der Waals surface area contributed by atoms with Crippen molar-refractivity contribution in [1.29, 1.82) is 0 Å². The van der Waals surface area contributed by atoms with Gasteiger partial charge in [-0.25, -0.2) is 72.7 Å². The third-order valence-electron chi connectivity index (χ3n) is 22.2. The molecular weight excluding hydrogens is 1710 g/mol. The molecule has 0 unspecified atom stereocenters. The van der Waals surface area contributed by atoms with Crippen molar-refractivity contribution >= 4 is 53.7 Å². The molecule has 129 heavy (non-hydrogen) atoms. The Morgan fingerprint density at radius 1 is 0.419 bits per heavy atom. The third-order valence-corrected chi connectivity index (χ3v) is 22.2. The van der Waals surface area contributed by atoms with Crippen molar-refractivity contribution in [1.82, 2.24) is 85.3 Å². The van der Waals surface area contributed by atoms with Crippen LogP contribution in [0.2, 0.25) is 0 Å². The molecule has 4 aliphatic heterocycles. The molecule has 0 spiro atoms. The molecule has 4 aromatic carbocycles. The van der Waals surface area contributed by atoms with Crippen LogP contribution in [0.3, 0.4) is 0 Å². The van der Waals surface area contributed by atoms with Crippen LogP contribution in [0.25, 0.3) is 45.0 Å². The summed E-state index contributed by atoms with van der Waals surface area (Å²) in [5.41, 5.74) is 1.37. The molecule has 4 aliphatic rings. The molecule has 40 heteroatoms. The van der Waals surface area contributed by atoms with Crippen molar-refractivity contribution < 1.29 is 107 Å². The molecule has 4 atom stereocenters. The first-order valence-corrected chi connectivity index (χ1v) is 42.0. The second-order valence-electron chi connectivity index (χ2n) is 36.3. The molecule has 8 N–H and O–H groups in total. The van der Waals surface area contributed by atoms with Gasteiger partial charge in [0.15, 0.2) is 29.1 Å². The van der Waals surface area contributed by atoms with Gasteiger partial charge < -0.3 is 56.4 Å². The minimum absolute atomic E-state index is 0.0169. The predicted octanol–water partition coefficient (Wildman–Crippen LogP) is 12.4. The number of aliphatic hydroxyl groups excluding tert-OH is 1. The lowest BCUT2D eigenvalue weighted by atomic mass is 9.83. The molecule has 0 aliphatic carbocycles. The lowest BCUT2D eigenvalue weighted by Gasteiger charge is -2.30. The minimum atomic E-state index is -1.36. The summed E-state index contributed by atoms with van der Waals surface area (Å²) in [6.07, 6.45) is 2.82. The number of carboxylic acid groups (broad SMARTS) is 2. The molecule has 12 rings (SSSR count). The van der Waals surface area contributed by atoms with E-state index in [0.29, 0.717) is 141 Å². The number of halogens is 10. The van der Waals surface area contributed by atoms with E-state index in [4.69, 9.17) is 9.84 Å². The summed E-state index contributed by atoms with van der Waals surface area (Å²) in [7, 11) is 5.18. The Labute approximate surface area is 739 Å². The quantitative estimate of drug-likeness (QED) is 0.0152. The lowest BCUT2D eigenvalue weighted by molar-refractivity contribution is -0.145. The number of amides is 5. The van der Waals surface area contributed by atoms with Gasteiger partial charge in [0.05, 0.1) is 42.0 Å². The van der Waals surface area contributed by atoms with E-state index >= 15 is 0 Å². The van der Waals surface area contributed by atoms with E-state index in [1.165, 1.54) is 7.05 Å².